The van der Waals surface area contributed by atoms with Gasteiger partial charge < -0.3 is 19.9 Å². The van der Waals surface area contributed by atoms with Crippen LogP contribution in [-0.4, -0.2) is 49.7 Å². The average Bonchev–Trinajstić information content (AvgIpc) is 3.01. The highest BCUT2D eigenvalue weighted by atomic mass is 16.5. The lowest BCUT2D eigenvalue weighted by Crippen LogP contribution is -2.32. The molecule has 0 atom stereocenters. The number of amides is 1. The highest BCUT2D eigenvalue weighted by molar-refractivity contribution is 6.11. The number of rotatable bonds is 9. The number of hydrogen-bond donors (Lipinski definition) is 1. The Balaban J connectivity index is 1.27. The Labute approximate surface area is 239 Å². The van der Waals surface area contributed by atoms with E-state index in [-0.39, 0.29) is 0 Å². The first-order valence-electron chi connectivity index (χ1n) is 13.9. The molecule has 1 aliphatic rings. The molecule has 0 radical (unpaired) electrons. The van der Waals surface area contributed by atoms with E-state index in [1.54, 1.807) is 14.2 Å². The van der Waals surface area contributed by atoms with Crippen LogP contribution in [-0.2, 0) is 13.0 Å². The zero-order chi connectivity index (χ0) is 28.3. The van der Waals surface area contributed by atoms with Crippen LogP contribution >= 0.6 is 0 Å². The maximum Gasteiger partial charge on any atom is 0.250 e. The van der Waals surface area contributed by atoms with Crippen molar-refractivity contribution in [2.45, 2.75) is 19.4 Å². The zero-order valence-corrected chi connectivity index (χ0v) is 23.4. The van der Waals surface area contributed by atoms with Gasteiger partial charge in [0.1, 0.15) is 5.75 Å². The fourth-order valence-corrected chi connectivity index (χ4v) is 5.69. The van der Waals surface area contributed by atoms with Crippen molar-refractivity contribution in [1.82, 2.24) is 9.88 Å². The summed E-state index contributed by atoms with van der Waals surface area (Å²) >= 11 is 0. The third kappa shape index (κ3) is 5.28. The summed E-state index contributed by atoms with van der Waals surface area (Å²) in [6.07, 6.45) is 1.81. The van der Waals surface area contributed by atoms with E-state index in [0.717, 1.165) is 77.1 Å². The molecule has 1 aromatic heterocycles. The number of nitrogens with two attached hydrogens (primary N) is 1. The number of pyridine rings is 1. The number of para-hydroxylation sites is 1. The number of aromatic nitrogens is 1. The summed E-state index contributed by atoms with van der Waals surface area (Å²) in [5, 5.41) is 1.76. The van der Waals surface area contributed by atoms with E-state index in [1.165, 1.54) is 11.1 Å². The van der Waals surface area contributed by atoms with E-state index in [2.05, 4.69) is 23.1 Å². The lowest BCUT2D eigenvalue weighted by atomic mass is 9.96. The molecule has 1 amide bonds. The summed E-state index contributed by atoms with van der Waals surface area (Å²) in [4.78, 5) is 19.8. The van der Waals surface area contributed by atoms with E-state index in [0.29, 0.717) is 17.7 Å². The molecule has 5 aromatic rings. The largest absolute Gasteiger partial charge is 0.493 e. The van der Waals surface area contributed by atoms with Gasteiger partial charge in [0.2, 0.25) is 0 Å². The predicted octanol–water partition coefficient (Wildman–Crippen LogP) is 6.00. The highest BCUT2D eigenvalue weighted by Gasteiger charge is 2.21. The van der Waals surface area contributed by atoms with Gasteiger partial charge in [0, 0.05) is 36.0 Å². The number of benzene rings is 4. The summed E-state index contributed by atoms with van der Waals surface area (Å²) in [5.74, 6) is 1.74. The molecule has 0 saturated heterocycles. The Hall–Kier alpha value is -4.62. The number of fused-ring (bicyclic) bond motifs is 3. The van der Waals surface area contributed by atoms with Crippen LogP contribution in [0.2, 0.25) is 0 Å². The van der Waals surface area contributed by atoms with Crippen LogP contribution in [0.25, 0.3) is 32.9 Å². The van der Waals surface area contributed by atoms with Gasteiger partial charge in [-0.05, 0) is 59.9 Å². The lowest BCUT2D eigenvalue weighted by molar-refractivity contribution is 0.100. The molecule has 4 aromatic carbocycles. The number of hydrogen-bond acceptors (Lipinski definition) is 6. The van der Waals surface area contributed by atoms with Crippen LogP contribution < -0.4 is 19.9 Å². The summed E-state index contributed by atoms with van der Waals surface area (Å²) < 4.78 is 17.6. The van der Waals surface area contributed by atoms with Gasteiger partial charge in [-0.2, -0.15) is 0 Å². The zero-order valence-electron chi connectivity index (χ0n) is 23.4. The molecule has 0 unspecified atom stereocenters. The van der Waals surface area contributed by atoms with Crippen molar-refractivity contribution in [3.05, 3.63) is 95.6 Å². The second kappa shape index (κ2) is 11.5. The van der Waals surface area contributed by atoms with E-state index < -0.39 is 5.91 Å². The molecule has 1 aliphatic heterocycles. The maximum absolute atomic E-state index is 12.6. The number of carbonyl (C=O) groups excluding carboxylic acids is 1. The Kier molecular flexibility index (Phi) is 7.44. The minimum absolute atomic E-state index is 0.385. The fraction of sp³-hybridized carbons (Fsp3) is 0.235. The Morgan fingerprint density at radius 2 is 1.66 bits per heavy atom. The predicted molar refractivity (Wildman–Crippen MR) is 162 cm³/mol. The average molecular weight is 548 g/mol. The van der Waals surface area contributed by atoms with Crippen molar-refractivity contribution >= 4 is 27.7 Å². The lowest BCUT2D eigenvalue weighted by Gasteiger charge is -2.29. The molecule has 0 aliphatic carbocycles. The van der Waals surface area contributed by atoms with Crippen molar-refractivity contribution in [1.29, 1.82) is 0 Å². The second-order valence-corrected chi connectivity index (χ2v) is 10.3. The Bertz CT molecular complexity index is 1740. The first-order valence-corrected chi connectivity index (χ1v) is 13.9. The number of ether oxygens (including phenoxy) is 3. The minimum atomic E-state index is -0.513. The maximum atomic E-state index is 12.6. The molecule has 208 valence electrons. The monoisotopic (exact) mass is 547 g/mol. The molecule has 0 saturated carbocycles. The van der Waals surface area contributed by atoms with Gasteiger partial charge in [-0.1, -0.05) is 48.5 Å². The Morgan fingerprint density at radius 3 is 2.41 bits per heavy atom. The van der Waals surface area contributed by atoms with Gasteiger partial charge in [-0.15, -0.1) is 0 Å². The van der Waals surface area contributed by atoms with Gasteiger partial charge in [-0.3, -0.25) is 9.69 Å². The summed E-state index contributed by atoms with van der Waals surface area (Å²) in [5.41, 5.74) is 12.0. The molecular weight excluding hydrogens is 514 g/mol. The van der Waals surface area contributed by atoms with Crippen LogP contribution in [0.15, 0.2) is 78.9 Å². The van der Waals surface area contributed by atoms with Crippen LogP contribution in [0, 0.1) is 0 Å². The SMILES string of the molecule is COc1cc2c(cc1OC)CN(CCCOc1c(-c3ccccc3)cc(C(N)=O)c3nc4ccccc4cc13)CC2. The molecule has 0 spiro atoms. The number of carbonyl (C=O) groups is 1. The van der Waals surface area contributed by atoms with Gasteiger partial charge in [0.25, 0.3) is 5.91 Å². The van der Waals surface area contributed by atoms with Crippen molar-refractivity contribution in [2.75, 3.05) is 33.9 Å². The second-order valence-electron chi connectivity index (χ2n) is 10.3. The van der Waals surface area contributed by atoms with Crippen molar-refractivity contribution in [3.63, 3.8) is 0 Å². The molecule has 0 fully saturated rings. The van der Waals surface area contributed by atoms with Crippen molar-refractivity contribution in [3.8, 4) is 28.4 Å². The van der Waals surface area contributed by atoms with Crippen LogP contribution in [0.3, 0.4) is 0 Å². The van der Waals surface area contributed by atoms with E-state index >= 15 is 0 Å². The first-order chi connectivity index (χ1) is 20.1. The fourth-order valence-electron chi connectivity index (χ4n) is 5.69. The molecule has 2 heterocycles. The smallest absolute Gasteiger partial charge is 0.250 e. The molecule has 6 rings (SSSR count). The van der Waals surface area contributed by atoms with Gasteiger partial charge in [-0.25, -0.2) is 4.98 Å². The molecule has 7 heteroatoms. The normalized spacial score (nSPS) is 13.2. The summed E-state index contributed by atoms with van der Waals surface area (Å²) in [6, 6.07) is 25.9. The first kappa shape index (κ1) is 26.6. The van der Waals surface area contributed by atoms with Crippen LogP contribution in [0.4, 0.5) is 0 Å². The number of nitrogens with zero attached hydrogens (tertiary/aromatic N) is 2. The molecular formula is C34H33N3O4. The quantitative estimate of drug-likeness (QED) is 0.180. The van der Waals surface area contributed by atoms with E-state index in [1.807, 2.05) is 60.7 Å². The molecule has 41 heavy (non-hydrogen) atoms. The topological polar surface area (TPSA) is 86.9 Å². The minimum Gasteiger partial charge on any atom is -0.493 e. The summed E-state index contributed by atoms with van der Waals surface area (Å²) in [6.45, 7) is 3.25. The van der Waals surface area contributed by atoms with Crippen LogP contribution in [0.5, 0.6) is 17.2 Å². The Morgan fingerprint density at radius 1 is 0.927 bits per heavy atom. The number of primary amides is 1. The van der Waals surface area contributed by atoms with Crippen molar-refractivity contribution in [2.24, 2.45) is 5.73 Å². The summed E-state index contributed by atoms with van der Waals surface area (Å²) in [7, 11) is 3.34. The van der Waals surface area contributed by atoms with Crippen LogP contribution in [0.1, 0.15) is 27.9 Å². The third-order valence-corrected chi connectivity index (χ3v) is 7.77. The standard InChI is InChI=1S/C34H33N3O4/c1-39-30-18-23-13-15-37(21-25(23)19-31(30)40-2)14-8-16-41-33-26(22-9-4-3-5-10-22)20-28(34(35)38)32-27(33)17-24-11-6-7-12-29(24)36-32/h3-7,9-12,17-20H,8,13-16,21H2,1-2H3,(H2,35,38). The molecule has 2 N–H and O–H groups in total. The molecule has 7 nitrogen and oxygen atoms in total. The molecule has 0 bridgehead atoms. The number of methoxy groups -OCH3 is 2. The highest BCUT2D eigenvalue weighted by Crippen LogP contribution is 2.40. The van der Waals surface area contributed by atoms with Crippen molar-refractivity contribution < 1.29 is 19.0 Å². The third-order valence-electron chi connectivity index (χ3n) is 7.77. The van der Waals surface area contributed by atoms with Gasteiger partial charge in [0.15, 0.2) is 11.5 Å². The van der Waals surface area contributed by atoms with E-state index in [4.69, 9.17) is 24.9 Å². The van der Waals surface area contributed by atoms with E-state index in [9.17, 15) is 4.79 Å². The van der Waals surface area contributed by atoms with Gasteiger partial charge in [0.05, 0.1) is 37.4 Å². The van der Waals surface area contributed by atoms with Gasteiger partial charge >= 0.3 is 0 Å².